The van der Waals surface area contributed by atoms with Crippen LogP contribution in [0.1, 0.15) is 40.2 Å². The van der Waals surface area contributed by atoms with Crippen molar-refractivity contribution in [2.75, 3.05) is 13.1 Å². The molecule has 0 unspecified atom stereocenters. The normalized spacial score (nSPS) is 15.7. The van der Waals surface area contributed by atoms with Crippen LogP contribution in [0.5, 0.6) is 0 Å². The van der Waals surface area contributed by atoms with Gasteiger partial charge in [0, 0.05) is 31.2 Å². The van der Waals surface area contributed by atoms with Crippen LogP contribution in [0.2, 0.25) is 0 Å². The summed E-state index contributed by atoms with van der Waals surface area (Å²) in [4.78, 5) is 26.8. The average Bonchev–Trinajstić information content (AvgIpc) is 2.55. The lowest BCUT2D eigenvalue weighted by molar-refractivity contribution is 0.0689. The van der Waals surface area contributed by atoms with Crippen LogP contribution in [-0.4, -0.2) is 38.8 Å². The van der Waals surface area contributed by atoms with Crippen molar-refractivity contribution < 1.29 is 4.79 Å². The fourth-order valence-corrected chi connectivity index (χ4v) is 3.18. The van der Waals surface area contributed by atoms with Gasteiger partial charge in [-0.3, -0.25) is 9.78 Å². The molecule has 0 aromatic carbocycles. The molecule has 1 fully saturated rings. The van der Waals surface area contributed by atoms with Crippen molar-refractivity contribution in [2.24, 2.45) is 5.92 Å². The summed E-state index contributed by atoms with van der Waals surface area (Å²) in [5.41, 5.74) is 3.78. The topological polar surface area (TPSA) is 59.0 Å². The first kappa shape index (κ1) is 15.6. The lowest BCUT2D eigenvalue weighted by atomic mass is 9.90. The van der Waals surface area contributed by atoms with Gasteiger partial charge in [0.05, 0.1) is 11.3 Å². The van der Waals surface area contributed by atoms with E-state index in [1.54, 1.807) is 6.20 Å². The van der Waals surface area contributed by atoms with Gasteiger partial charge < -0.3 is 4.90 Å². The number of piperidine rings is 1. The third kappa shape index (κ3) is 3.73. The third-order valence-electron chi connectivity index (χ3n) is 4.53. The summed E-state index contributed by atoms with van der Waals surface area (Å²) in [6, 6.07) is 4.25. The second kappa shape index (κ2) is 6.86. The maximum atomic E-state index is 12.6. The minimum atomic E-state index is 0.0568. The molecule has 3 rings (SSSR count). The Morgan fingerprint density at radius 2 is 2.04 bits per heavy atom. The van der Waals surface area contributed by atoms with Gasteiger partial charge in [0.1, 0.15) is 6.33 Å². The van der Waals surface area contributed by atoms with Gasteiger partial charge in [-0.2, -0.15) is 0 Å². The Kier molecular flexibility index (Phi) is 4.65. The first-order valence-corrected chi connectivity index (χ1v) is 8.11. The van der Waals surface area contributed by atoms with Gasteiger partial charge in [0.2, 0.25) is 0 Å². The van der Waals surface area contributed by atoms with Crippen molar-refractivity contribution in [1.29, 1.82) is 0 Å². The van der Waals surface area contributed by atoms with Crippen LogP contribution in [0.3, 0.4) is 0 Å². The molecule has 0 saturated carbocycles. The van der Waals surface area contributed by atoms with E-state index in [9.17, 15) is 4.79 Å². The number of carbonyl (C=O) groups excluding carboxylic acids is 1. The van der Waals surface area contributed by atoms with Gasteiger partial charge in [-0.1, -0.05) is 0 Å². The zero-order valence-corrected chi connectivity index (χ0v) is 13.7. The van der Waals surface area contributed by atoms with E-state index in [4.69, 9.17) is 0 Å². The molecule has 0 atom stereocenters. The maximum Gasteiger partial charge on any atom is 0.257 e. The van der Waals surface area contributed by atoms with E-state index < -0.39 is 0 Å². The molecule has 0 radical (unpaired) electrons. The van der Waals surface area contributed by atoms with Gasteiger partial charge in [-0.25, -0.2) is 9.97 Å². The molecule has 2 aromatic heterocycles. The monoisotopic (exact) mass is 310 g/mol. The Hall–Kier alpha value is -2.30. The Balaban J connectivity index is 1.58. The predicted octanol–water partition coefficient (Wildman–Crippen LogP) is 2.58. The van der Waals surface area contributed by atoms with Crippen LogP contribution in [0.15, 0.2) is 30.9 Å². The molecular weight excluding hydrogens is 288 g/mol. The summed E-state index contributed by atoms with van der Waals surface area (Å²) in [6.07, 6.45) is 8.13. The van der Waals surface area contributed by atoms with E-state index in [1.165, 1.54) is 11.9 Å². The van der Waals surface area contributed by atoms with Crippen molar-refractivity contribution in [3.63, 3.8) is 0 Å². The number of amides is 1. The second-order valence-electron chi connectivity index (χ2n) is 6.27. The van der Waals surface area contributed by atoms with Crippen LogP contribution in [0.4, 0.5) is 0 Å². The van der Waals surface area contributed by atoms with E-state index in [1.807, 2.05) is 24.9 Å². The summed E-state index contributed by atoms with van der Waals surface area (Å²) in [7, 11) is 0. The standard InChI is InChI=1S/C18H22N4O/c1-13-9-16(3-6-20-13)10-15-4-7-22(8-5-15)18(23)17-11-19-12-21-14(17)2/h3,6,9,11-12,15H,4-5,7-8,10H2,1-2H3. The lowest BCUT2D eigenvalue weighted by Crippen LogP contribution is -2.39. The number of rotatable bonds is 3. The van der Waals surface area contributed by atoms with Crippen molar-refractivity contribution in [2.45, 2.75) is 33.1 Å². The highest BCUT2D eigenvalue weighted by Crippen LogP contribution is 2.23. The molecule has 0 spiro atoms. The van der Waals surface area contributed by atoms with Crippen molar-refractivity contribution in [3.05, 3.63) is 53.4 Å². The van der Waals surface area contributed by atoms with Gasteiger partial charge in [-0.15, -0.1) is 0 Å². The number of likely N-dealkylation sites (tertiary alicyclic amines) is 1. The summed E-state index contributed by atoms with van der Waals surface area (Å²) in [5.74, 6) is 0.690. The molecular formula is C18H22N4O. The molecule has 1 amide bonds. The minimum absolute atomic E-state index is 0.0568. The molecule has 23 heavy (non-hydrogen) atoms. The number of carbonyl (C=O) groups is 1. The number of nitrogens with zero attached hydrogens (tertiary/aromatic N) is 4. The zero-order chi connectivity index (χ0) is 16.2. The largest absolute Gasteiger partial charge is 0.339 e. The summed E-state index contributed by atoms with van der Waals surface area (Å²) in [6.45, 7) is 5.49. The predicted molar refractivity (Wildman–Crippen MR) is 88.1 cm³/mol. The fourth-order valence-electron chi connectivity index (χ4n) is 3.18. The molecule has 120 valence electrons. The van der Waals surface area contributed by atoms with E-state index in [0.717, 1.165) is 43.7 Å². The van der Waals surface area contributed by atoms with E-state index in [0.29, 0.717) is 11.5 Å². The minimum Gasteiger partial charge on any atom is -0.339 e. The smallest absolute Gasteiger partial charge is 0.257 e. The van der Waals surface area contributed by atoms with Crippen LogP contribution in [-0.2, 0) is 6.42 Å². The number of hydrogen-bond donors (Lipinski definition) is 0. The Bertz CT molecular complexity index is 693. The second-order valence-corrected chi connectivity index (χ2v) is 6.27. The number of aryl methyl sites for hydroxylation is 2. The lowest BCUT2D eigenvalue weighted by Gasteiger charge is -2.32. The highest BCUT2D eigenvalue weighted by atomic mass is 16.2. The van der Waals surface area contributed by atoms with E-state index in [-0.39, 0.29) is 5.91 Å². The molecule has 0 N–H and O–H groups in total. The van der Waals surface area contributed by atoms with Crippen molar-refractivity contribution >= 4 is 5.91 Å². The summed E-state index contributed by atoms with van der Waals surface area (Å²) >= 11 is 0. The first-order chi connectivity index (χ1) is 11.1. The van der Waals surface area contributed by atoms with Gasteiger partial charge in [-0.05, 0) is 56.7 Å². The highest BCUT2D eigenvalue weighted by Gasteiger charge is 2.25. The summed E-state index contributed by atoms with van der Waals surface area (Å²) < 4.78 is 0. The molecule has 3 heterocycles. The van der Waals surface area contributed by atoms with Gasteiger partial charge >= 0.3 is 0 Å². The quantitative estimate of drug-likeness (QED) is 0.874. The molecule has 0 bridgehead atoms. The number of pyridine rings is 1. The van der Waals surface area contributed by atoms with Crippen molar-refractivity contribution in [3.8, 4) is 0 Å². The van der Waals surface area contributed by atoms with E-state index >= 15 is 0 Å². The van der Waals surface area contributed by atoms with Crippen molar-refractivity contribution in [1.82, 2.24) is 19.9 Å². The van der Waals surface area contributed by atoms with Gasteiger partial charge in [0.15, 0.2) is 0 Å². The molecule has 0 aliphatic carbocycles. The average molecular weight is 310 g/mol. The molecule has 2 aromatic rings. The van der Waals surface area contributed by atoms with Crippen LogP contribution in [0.25, 0.3) is 0 Å². The van der Waals surface area contributed by atoms with E-state index in [2.05, 4.69) is 27.1 Å². The van der Waals surface area contributed by atoms with Crippen LogP contribution < -0.4 is 0 Å². The third-order valence-corrected chi connectivity index (χ3v) is 4.53. The number of hydrogen-bond acceptors (Lipinski definition) is 4. The molecule has 5 nitrogen and oxygen atoms in total. The zero-order valence-electron chi connectivity index (χ0n) is 13.7. The molecule has 1 saturated heterocycles. The maximum absolute atomic E-state index is 12.6. The Morgan fingerprint density at radius 1 is 1.26 bits per heavy atom. The Labute approximate surface area is 136 Å². The molecule has 1 aliphatic heterocycles. The fraction of sp³-hybridized carbons (Fsp3) is 0.444. The first-order valence-electron chi connectivity index (χ1n) is 8.11. The molecule has 1 aliphatic rings. The summed E-state index contributed by atoms with van der Waals surface area (Å²) in [5, 5.41) is 0. The highest BCUT2D eigenvalue weighted by molar-refractivity contribution is 5.94. The van der Waals surface area contributed by atoms with Crippen LogP contribution >= 0.6 is 0 Å². The van der Waals surface area contributed by atoms with Gasteiger partial charge in [0.25, 0.3) is 5.91 Å². The SMILES string of the molecule is Cc1cc(CC2CCN(C(=O)c3cncnc3C)CC2)ccn1. The number of aromatic nitrogens is 3. The molecule has 5 heteroatoms. The Morgan fingerprint density at radius 3 is 2.74 bits per heavy atom. The van der Waals surface area contributed by atoms with Crippen LogP contribution in [0, 0.1) is 19.8 Å².